The molecule has 0 aromatic rings. The third-order valence-electron chi connectivity index (χ3n) is 3.97. The lowest BCUT2D eigenvalue weighted by Gasteiger charge is -2.02. The molecule has 0 aromatic carbocycles. The molecule has 0 amide bonds. The monoisotopic (exact) mass is 322 g/mol. The first-order chi connectivity index (χ1) is 12.2. The zero-order valence-electron chi connectivity index (χ0n) is 14.2. The molecule has 0 saturated heterocycles. The number of hydrogen-bond donors (Lipinski definition) is 0. The Bertz CT molecular complexity index is 959. The minimum Gasteiger partial charge on any atom is -0.290 e. The summed E-state index contributed by atoms with van der Waals surface area (Å²) in [7, 11) is 0. The molecule has 0 atom stereocenters. The van der Waals surface area contributed by atoms with Crippen molar-refractivity contribution in [2.24, 2.45) is 0 Å². The number of fused-ring (bicyclic) bond motifs is 4. The lowest BCUT2D eigenvalue weighted by atomic mass is 10.0. The molecular formula is C24H18O. The van der Waals surface area contributed by atoms with Crippen molar-refractivity contribution in [3.63, 3.8) is 0 Å². The Balaban J connectivity index is 2.04. The van der Waals surface area contributed by atoms with Crippen LogP contribution in [0.3, 0.4) is 0 Å². The number of carbonyl (C=O) groups is 1. The van der Waals surface area contributed by atoms with Gasteiger partial charge < -0.3 is 0 Å². The van der Waals surface area contributed by atoms with E-state index in [-0.39, 0.29) is 5.78 Å². The zero-order chi connectivity index (χ0) is 17.5. The van der Waals surface area contributed by atoms with Crippen molar-refractivity contribution in [1.29, 1.82) is 0 Å². The van der Waals surface area contributed by atoms with Crippen LogP contribution in [0.5, 0.6) is 0 Å². The molecule has 1 nitrogen and oxygen atoms in total. The molecule has 0 aromatic heterocycles. The molecule has 0 saturated carbocycles. The van der Waals surface area contributed by atoms with Crippen LogP contribution in [0.4, 0.5) is 0 Å². The van der Waals surface area contributed by atoms with Crippen molar-refractivity contribution in [3.05, 3.63) is 94.7 Å². The van der Waals surface area contributed by atoms with Gasteiger partial charge in [-0.3, -0.25) is 4.79 Å². The molecule has 1 heteroatoms. The average Bonchev–Trinajstić information content (AvgIpc) is 2.96. The summed E-state index contributed by atoms with van der Waals surface area (Å²) in [5, 5.41) is 0. The molecule has 3 rings (SSSR count). The Morgan fingerprint density at radius 3 is 2.00 bits per heavy atom. The lowest BCUT2D eigenvalue weighted by molar-refractivity contribution is -0.111. The van der Waals surface area contributed by atoms with E-state index in [1.165, 1.54) is 0 Å². The van der Waals surface area contributed by atoms with E-state index in [4.69, 9.17) is 0 Å². The predicted octanol–water partition coefficient (Wildman–Crippen LogP) is 4.70. The van der Waals surface area contributed by atoms with Crippen molar-refractivity contribution >= 4 is 5.78 Å². The van der Waals surface area contributed by atoms with E-state index in [1.54, 1.807) is 6.08 Å². The molecule has 0 aliphatic heterocycles. The van der Waals surface area contributed by atoms with Crippen LogP contribution in [0.1, 0.15) is 19.8 Å². The van der Waals surface area contributed by atoms with Gasteiger partial charge in [0.25, 0.3) is 0 Å². The highest BCUT2D eigenvalue weighted by atomic mass is 16.1. The fraction of sp³-hybridized carbons (Fsp3) is 0.125. The normalized spacial score (nSPS) is 22.4. The Labute approximate surface area is 149 Å². The highest BCUT2D eigenvalue weighted by molar-refractivity contribution is 6.04. The Hall–Kier alpha value is -3.29. The molecule has 120 valence electrons. The largest absolute Gasteiger partial charge is 0.290 e. The van der Waals surface area contributed by atoms with Crippen LogP contribution in [0.15, 0.2) is 94.7 Å². The second kappa shape index (κ2) is 8.00. The molecular weight excluding hydrogens is 304 g/mol. The van der Waals surface area contributed by atoms with E-state index in [1.807, 2.05) is 67.7 Å². The van der Waals surface area contributed by atoms with Gasteiger partial charge in [-0.15, -0.1) is 0 Å². The van der Waals surface area contributed by atoms with Gasteiger partial charge in [0.2, 0.25) is 0 Å². The van der Waals surface area contributed by atoms with Crippen LogP contribution >= 0.6 is 0 Å². The van der Waals surface area contributed by atoms with Crippen LogP contribution in [0, 0.1) is 23.7 Å². The SMILES string of the molecule is C/C1=C/C2=CC=CC=C(C#CC#CC3=CC=CC=C(/C=C\C1=O)C3)C2. The van der Waals surface area contributed by atoms with Crippen molar-refractivity contribution in [2.45, 2.75) is 19.8 Å². The maximum Gasteiger partial charge on any atom is 0.181 e. The van der Waals surface area contributed by atoms with Crippen LogP contribution < -0.4 is 0 Å². The third kappa shape index (κ3) is 4.84. The summed E-state index contributed by atoms with van der Waals surface area (Å²) in [6, 6.07) is 0. The summed E-state index contributed by atoms with van der Waals surface area (Å²) >= 11 is 0. The molecule has 0 unspecified atom stereocenters. The fourth-order valence-electron chi connectivity index (χ4n) is 2.65. The molecule has 0 radical (unpaired) electrons. The van der Waals surface area contributed by atoms with Crippen molar-refractivity contribution in [2.75, 3.05) is 0 Å². The van der Waals surface area contributed by atoms with E-state index in [9.17, 15) is 4.79 Å². The van der Waals surface area contributed by atoms with Gasteiger partial charge in [0.15, 0.2) is 5.78 Å². The first kappa shape index (κ1) is 16.6. The molecule has 25 heavy (non-hydrogen) atoms. The second-order valence-corrected chi connectivity index (χ2v) is 6.02. The van der Waals surface area contributed by atoms with E-state index < -0.39 is 0 Å². The fourth-order valence-corrected chi connectivity index (χ4v) is 2.65. The van der Waals surface area contributed by atoms with Crippen LogP contribution in [-0.4, -0.2) is 5.78 Å². The Kier molecular flexibility index (Phi) is 5.30. The highest BCUT2D eigenvalue weighted by Gasteiger charge is 2.06. The standard InChI is InChI=1S/C24H18O/c1-19-16-23-13-7-6-11-21(18-23)10-3-2-8-20-9-4-5-12-22(17-20)14-15-24(19)25/h4-7,9,11-16H,17-18H2,1H3/b15-14-,19-16-. The smallest absolute Gasteiger partial charge is 0.181 e. The minimum absolute atomic E-state index is 0.0198. The summed E-state index contributed by atoms with van der Waals surface area (Å²) in [4.78, 5) is 12.4. The number of carbonyl (C=O) groups excluding carboxylic acids is 1. The minimum atomic E-state index is 0.0198. The van der Waals surface area contributed by atoms with Crippen molar-refractivity contribution in [3.8, 4) is 23.7 Å². The van der Waals surface area contributed by atoms with Crippen LogP contribution in [0.25, 0.3) is 0 Å². The lowest BCUT2D eigenvalue weighted by Crippen LogP contribution is -1.96. The second-order valence-electron chi connectivity index (χ2n) is 6.02. The average molecular weight is 322 g/mol. The summed E-state index contributed by atoms with van der Waals surface area (Å²) in [5.74, 6) is 12.2. The third-order valence-corrected chi connectivity index (χ3v) is 3.97. The van der Waals surface area contributed by atoms with E-state index >= 15 is 0 Å². The Morgan fingerprint density at radius 2 is 1.32 bits per heavy atom. The first-order valence-corrected chi connectivity index (χ1v) is 8.26. The van der Waals surface area contributed by atoms with Gasteiger partial charge in [0.1, 0.15) is 0 Å². The number of rotatable bonds is 0. The van der Waals surface area contributed by atoms with Crippen molar-refractivity contribution < 1.29 is 4.79 Å². The maximum absolute atomic E-state index is 12.4. The topological polar surface area (TPSA) is 17.1 Å². The number of hydrogen-bond acceptors (Lipinski definition) is 1. The predicted molar refractivity (Wildman–Crippen MR) is 103 cm³/mol. The summed E-state index contributed by atoms with van der Waals surface area (Å²) in [5.41, 5.74) is 4.82. The van der Waals surface area contributed by atoms with Crippen LogP contribution in [0.2, 0.25) is 0 Å². The summed E-state index contributed by atoms with van der Waals surface area (Å²) in [6.45, 7) is 1.85. The van der Waals surface area contributed by atoms with Gasteiger partial charge in [0.05, 0.1) is 0 Å². The molecule has 3 aliphatic rings. The number of allylic oxidation sites excluding steroid dienone is 16. The van der Waals surface area contributed by atoms with Gasteiger partial charge in [-0.25, -0.2) is 0 Å². The highest BCUT2D eigenvalue weighted by Crippen LogP contribution is 2.19. The van der Waals surface area contributed by atoms with Crippen molar-refractivity contribution in [1.82, 2.24) is 0 Å². The Morgan fingerprint density at radius 1 is 0.760 bits per heavy atom. The number of ketones is 1. The van der Waals surface area contributed by atoms with Gasteiger partial charge >= 0.3 is 0 Å². The zero-order valence-corrected chi connectivity index (χ0v) is 14.2. The van der Waals surface area contributed by atoms with Gasteiger partial charge in [-0.2, -0.15) is 0 Å². The van der Waals surface area contributed by atoms with E-state index in [0.29, 0.717) is 12.8 Å². The van der Waals surface area contributed by atoms with Gasteiger partial charge in [-0.05, 0) is 41.6 Å². The summed E-state index contributed by atoms with van der Waals surface area (Å²) in [6.07, 6.45) is 22.7. The molecule has 4 bridgehead atoms. The van der Waals surface area contributed by atoms with E-state index in [2.05, 4.69) is 23.7 Å². The quantitative estimate of drug-likeness (QED) is 0.591. The molecule has 3 aliphatic carbocycles. The molecule has 0 fully saturated rings. The van der Waals surface area contributed by atoms with Gasteiger partial charge in [-0.1, -0.05) is 72.6 Å². The molecule has 0 spiro atoms. The molecule has 0 heterocycles. The molecule has 0 N–H and O–H groups in total. The first-order valence-electron chi connectivity index (χ1n) is 8.26. The van der Waals surface area contributed by atoms with Crippen LogP contribution in [-0.2, 0) is 4.79 Å². The van der Waals surface area contributed by atoms with Gasteiger partial charge in [0, 0.05) is 24.0 Å². The maximum atomic E-state index is 12.4. The summed E-state index contributed by atoms with van der Waals surface area (Å²) < 4.78 is 0. The van der Waals surface area contributed by atoms with E-state index in [0.717, 1.165) is 27.9 Å².